The number of aliphatic hydroxyl groups is 1. The number of carbonyl (C=O) groups is 3. The highest BCUT2D eigenvalue weighted by Crippen LogP contribution is 2.64. The smallest absolute Gasteiger partial charge is 0.246 e. The molecule has 0 saturated carbocycles. The number of ether oxygens (including phenoxy) is 1. The molecule has 6 atom stereocenters. The fraction of sp³-hybridized carbons (Fsp3) is 0.700. The highest BCUT2D eigenvalue weighted by Gasteiger charge is 2.79. The maximum atomic E-state index is 14.1. The predicted molar refractivity (Wildman–Crippen MR) is 145 cm³/mol. The Morgan fingerprint density at radius 3 is 2.37 bits per heavy atom. The minimum Gasteiger partial charge on any atom is -0.394 e. The average molecular weight is 528 g/mol. The normalized spacial score (nSPS) is 31.3. The van der Waals surface area contributed by atoms with Gasteiger partial charge < -0.3 is 25.4 Å². The maximum Gasteiger partial charge on any atom is 0.246 e. The highest BCUT2D eigenvalue weighted by atomic mass is 16.5. The third-order valence-electron chi connectivity index (χ3n) is 8.63. The Morgan fingerprint density at radius 2 is 1.79 bits per heavy atom. The summed E-state index contributed by atoms with van der Waals surface area (Å²) >= 11 is 0. The van der Waals surface area contributed by atoms with Crippen molar-refractivity contribution in [2.24, 2.45) is 17.3 Å². The predicted octanol–water partition coefficient (Wildman–Crippen LogP) is 3.17. The first-order valence-corrected chi connectivity index (χ1v) is 14.0. The zero-order valence-corrected chi connectivity index (χ0v) is 24.0. The topological polar surface area (TPSA) is 108 Å². The van der Waals surface area contributed by atoms with Gasteiger partial charge in [-0.1, -0.05) is 58.0 Å². The van der Waals surface area contributed by atoms with Crippen molar-refractivity contribution in [3.8, 4) is 0 Å². The van der Waals surface area contributed by atoms with Crippen molar-refractivity contribution < 1.29 is 24.2 Å². The van der Waals surface area contributed by atoms with E-state index in [0.29, 0.717) is 25.8 Å². The lowest BCUT2D eigenvalue weighted by molar-refractivity contribution is -0.151. The number of nitrogens with zero attached hydrogens (tertiary/aromatic N) is 1. The quantitative estimate of drug-likeness (QED) is 0.457. The van der Waals surface area contributed by atoms with E-state index < -0.39 is 40.7 Å². The Kier molecular flexibility index (Phi) is 7.47. The number of aliphatic hydroxyl groups excluding tert-OH is 1. The monoisotopic (exact) mass is 527 g/mol. The molecule has 1 aromatic carbocycles. The number of carbonyl (C=O) groups excluding carboxylic acids is 3. The van der Waals surface area contributed by atoms with Crippen molar-refractivity contribution in [2.75, 3.05) is 6.61 Å². The van der Waals surface area contributed by atoms with E-state index in [0.717, 1.165) is 12.0 Å². The van der Waals surface area contributed by atoms with Crippen LogP contribution in [0.1, 0.15) is 79.7 Å². The van der Waals surface area contributed by atoms with Gasteiger partial charge in [-0.25, -0.2) is 0 Å². The molecule has 8 nitrogen and oxygen atoms in total. The number of rotatable bonds is 9. The molecule has 3 N–H and O–H groups in total. The third-order valence-corrected chi connectivity index (χ3v) is 8.63. The van der Waals surface area contributed by atoms with Crippen LogP contribution in [0.25, 0.3) is 0 Å². The van der Waals surface area contributed by atoms with Gasteiger partial charge >= 0.3 is 0 Å². The molecule has 2 bridgehead atoms. The van der Waals surface area contributed by atoms with E-state index in [1.165, 1.54) is 4.90 Å². The van der Waals surface area contributed by atoms with Crippen molar-refractivity contribution in [3.63, 3.8) is 0 Å². The fourth-order valence-electron chi connectivity index (χ4n) is 7.58. The van der Waals surface area contributed by atoms with Crippen LogP contribution in [0.3, 0.4) is 0 Å². The average Bonchev–Trinajstić information content (AvgIpc) is 3.44. The minimum atomic E-state index is -1.10. The summed E-state index contributed by atoms with van der Waals surface area (Å²) in [6, 6.07) is 8.15. The Bertz CT molecular complexity index is 1070. The summed E-state index contributed by atoms with van der Waals surface area (Å²) in [6.07, 6.45) is 2.43. The van der Waals surface area contributed by atoms with Gasteiger partial charge in [-0.05, 0) is 57.4 Å². The number of amides is 3. The molecule has 38 heavy (non-hydrogen) atoms. The van der Waals surface area contributed by atoms with E-state index in [1.54, 1.807) is 6.92 Å². The van der Waals surface area contributed by atoms with E-state index in [-0.39, 0.29) is 29.7 Å². The molecule has 0 aliphatic carbocycles. The number of hydrogen-bond donors (Lipinski definition) is 3. The van der Waals surface area contributed by atoms with E-state index >= 15 is 0 Å². The van der Waals surface area contributed by atoms with Gasteiger partial charge in [-0.3, -0.25) is 14.4 Å². The molecule has 3 aliphatic rings. The Hall–Kier alpha value is -2.45. The van der Waals surface area contributed by atoms with Crippen LogP contribution in [0.5, 0.6) is 0 Å². The van der Waals surface area contributed by atoms with Crippen LogP contribution in [0.4, 0.5) is 0 Å². The summed E-state index contributed by atoms with van der Waals surface area (Å²) in [7, 11) is 0. The zero-order valence-electron chi connectivity index (χ0n) is 24.0. The fourth-order valence-corrected chi connectivity index (χ4v) is 7.58. The van der Waals surface area contributed by atoms with Crippen molar-refractivity contribution in [1.29, 1.82) is 0 Å². The molecule has 0 aromatic heterocycles. The van der Waals surface area contributed by atoms with Gasteiger partial charge in [-0.2, -0.15) is 0 Å². The molecular formula is C30H45N3O5. The maximum absolute atomic E-state index is 14.1. The van der Waals surface area contributed by atoms with Gasteiger partial charge in [0.25, 0.3) is 0 Å². The minimum absolute atomic E-state index is 0.0162. The lowest BCUT2D eigenvalue weighted by Crippen LogP contribution is -2.61. The lowest BCUT2D eigenvalue weighted by Gasteiger charge is -2.39. The van der Waals surface area contributed by atoms with Crippen LogP contribution in [-0.4, -0.2) is 63.2 Å². The SMILES string of the molecule is CC[C@@]12CCC3(O1)C(C(=O)NC(C)(C)CC(C)(C)C)N([C@H](C)CO)C(=O)[C@@H]3[C@@H]2C(=O)NCc1ccccc1. The molecule has 3 saturated heterocycles. The molecule has 210 valence electrons. The molecule has 8 heteroatoms. The van der Waals surface area contributed by atoms with Crippen LogP contribution in [0, 0.1) is 17.3 Å². The van der Waals surface area contributed by atoms with Crippen LogP contribution in [-0.2, 0) is 25.7 Å². The Morgan fingerprint density at radius 1 is 1.13 bits per heavy atom. The largest absolute Gasteiger partial charge is 0.394 e. The number of nitrogens with one attached hydrogen (secondary N) is 2. The summed E-state index contributed by atoms with van der Waals surface area (Å²) in [5.41, 5.74) is -1.47. The van der Waals surface area contributed by atoms with Crippen molar-refractivity contribution >= 4 is 17.7 Å². The summed E-state index contributed by atoms with van der Waals surface area (Å²) in [5.74, 6) is -2.27. The molecule has 4 rings (SSSR count). The van der Waals surface area contributed by atoms with Crippen molar-refractivity contribution in [2.45, 2.75) is 110 Å². The Labute approximate surface area is 226 Å². The first-order chi connectivity index (χ1) is 17.7. The molecule has 0 radical (unpaired) electrons. The molecule has 3 heterocycles. The molecule has 2 unspecified atom stereocenters. The second kappa shape index (κ2) is 9.94. The first kappa shape index (κ1) is 28.6. The van der Waals surface area contributed by atoms with Gasteiger partial charge in [0.15, 0.2) is 0 Å². The van der Waals surface area contributed by atoms with Crippen LogP contribution >= 0.6 is 0 Å². The number of benzene rings is 1. The highest BCUT2D eigenvalue weighted by molar-refractivity contribution is 5.99. The van der Waals surface area contributed by atoms with Gasteiger partial charge in [-0.15, -0.1) is 0 Å². The summed E-state index contributed by atoms with van der Waals surface area (Å²) in [6.45, 7) is 14.1. The van der Waals surface area contributed by atoms with Crippen molar-refractivity contribution in [3.05, 3.63) is 35.9 Å². The van der Waals surface area contributed by atoms with Crippen LogP contribution < -0.4 is 10.6 Å². The number of likely N-dealkylation sites (tertiary alicyclic amines) is 1. The summed E-state index contributed by atoms with van der Waals surface area (Å²) < 4.78 is 6.79. The molecule has 3 aliphatic heterocycles. The molecule has 3 amide bonds. The third kappa shape index (κ3) is 4.86. The standard InChI is InChI=1S/C30H45N3O5/c1-8-29-14-15-30(38-29)22(21(29)24(35)31-16-20-12-10-9-11-13-20)26(37)33(19(2)17-34)23(30)25(36)32-28(6,7)18-27(3,4)5/h9-13,19,21-23,34H,8,14-18H2,1-7H3,(H,31,35)(H,32,36)/t19-,21-,22+,23?,29+,30?/m1/s1. The second-order valence-electron chi connectivity index (χ2n) is 13.4. The molecule has 1 aromatic rings. The molecule has 3 fully saturated rings. The van der Waals surface area contributed by atoms with E-state index in [2.05, 4.69) is 31.4 Å². The van der Waals surface area contributed by atoms with Crippen LogP contribution in [0.15, 0.2) is 30.3 Å². The van der Waals surface area contributed by atoms with Gasteiger partial charge in [0.05, 0.1) is 30.1 Å². The lowest BCUT2D eigenvalue weighted by atomic mass is 9.65. The molecule has 1 spiro atoms. The second-order valence-corrected chi connectivity index (χ2v) is 13.4. The van der Waals surface area contributed by atoms with E-state index in [4.69, 9.17) is 4.74 Å². The van der Waals surface area contributed by atoms with Gasteiger partial charge in [0.2, 0.25) is 17.7 Å². The van der Waals surface area contributed by atoms with Gasteiger partial charge in [0.1, 0.15) is 11.6 Å². The first-order valence-electron chi connectivity index (χ1n) is 14.0. The number of fused-ring (bicyclic) bond motifs is 1. The number of hydrogen-bond acceptors (Lipinski definition) is 5. The summed E-state index contributed by atoms with van der Waals surface area (Å²) in [4.78, 5) is 43.4. The van der Waals surface area contributed by atoms with Crippen molar-refractivity contribution in [1.82, 2.24) is 15.5 Å². The Balaban J connectivity index is 1.68. The molecular weight excluding hydrogens is 482 g/mol. The van der Waals surface area contributed by atoms with Crippen LogP contribution in [0.2, 0.25) is 0 Å². The van der Waals surface area contributed by atoms with Gasteiger partial charge in [0, 0.05) is 12.1 Å². The zero-order chi connectivity index (χ0) is 28.1. The summed E-state index contributed by atoms with van der Waals surface area (Å²) in [5, 5.41) is 16.3. The van der Waals surface area contributed by atoms with E-state index in [1.807, 2.05) is 51.1 Å². The van der Waals surface area contributed by atoms with E-state index in [9.17, 15) is 19.5 Å².